The lowest BCUT2D eigenvalue weighted by molar-refractivity contribution is -0.385. The number of aromatic amines is 1. The number of benzene rings is 2. The lowest BCUT2D eigenvalue weighted by Crippen LogP contribution is -2.00. The Morgan fingerprint density at radius 3 is 2.48 bits per heavy atom. The molecule has 0 saturated carbocycles. The molecule has 0 aliphatic rings. The highest BCUT2D eigenvalue weighted by molar-refractivity contribution is 6.11. The van der Waals surface area contributed by atoms with E-state index >= 15 is 0 Å². The Labute approximate surface area is 120 Å². The Hall–Kier alpha value is -2.95. The monoisotopic (exact) mass is 280 g/mol. The molecule has 0 unspecified atom stereocenters. The molecule has 0 spiro atoms. The van der Waals surface area contributed by atoms with Gasteiger partial charge in [-0.25, -0.2) is 0 Å². The van der Waals surface area contributed by atoms with Gasteiger partial charge < -0.3 is 4.98 Å². The number of carbonyl (C=O) groups is 1. The summed E-state index contributed by atoms with van der Waals surface area (Å²) in [6.45, 7) is 1.34. The highest BCUT2D eigenvalue weighted by Gasteiger charge is 2.21. The van der Waals surface area contributed by atoms with Crippen molar-refractivity contribution in [3.05, 3.63) is 64.2 Å². The Balaban J connectivity index is 2.29. The number of hydrogen-bond acceptors (Lipinski definition) is 3. The Kier molecular flexibility index (Phi) is 3.02. The first-order valence-corrected chi connectivity index (χ1v) is 6.44. The zero-order valence-corrected chi connectivity index (χ0v) is 11.3. The second-order valence-electron chi connectivity index (χ2n) is 4.78. The summed E-state index contributed by atoms with van der Waals surface area (Å²) in [5.41, 5.74) is 2.49. The van der Waals surface area contributed by atoms with Crippen LogP contribution >= 0.6 is 0 Å². The van der Waals surface area contributed by atoms with Crippen molar-refractivity contribution in [3.8, 4) is 11.3 Å². The highest BCUT2D eigenvalue weighted by Crippen LogP contribution is 2.31. The van der Waals surface area contributed by atoms with Gasteiger partial charge in [0.2, 0.25) is 0 Å². The van der Waals surface area contributed by atoms with Crippen molar-refractivity contribution in [1.82, 2.24) is 4.98 Å². The van der Waals surface area contributed by atoms with Crippen molar-refractivity contribution in [1.29, 1.82) is 0 Å². The number of nitrogens with one attached hydrogen (secondary N) is 1. The zero-order valence-electron chi connectivity index (χ0n) is 11.3. The summed E-state index contributed by atoms with van der Waals surface area (Å²) >= 11 is 0. The van der Waals surface area contributed by atoms with Gasteiger partial charge >= 0.3 is 0 Å². The maximum atomic E-state index is 11.8. The summed E-state index contributed by atoms with van der Waals surface area (Å²) < 4.78 is 0. The van der Waals surface area contributed by atoms with Gasteiger partial charge in [0.05, 0.1) is 4.92 Å². The molecule has 1 aromatic heterocycles. The maximum Gasteiger partial charge on any atom is 0.280 e. The van der Waals surface area contributed by atoms with E-state index in [0.29, 0.717) is 10.9 Å². The number of nitro benzene ring substituents is 1. The van der Waals surface area contributed by atoms with Crippen LogP contribution < -0.4 is 0 Å². The van der Waals surface area contributed by atoms with Crippen LogP contribution in [0.5, 0.6) is 0 Å². The smallest absolute Gasteiger partial charge is 0.280 e. The molecule has 1 N–H and O–H groups in total. The molecule has 3 rings (SSSR count). The molecule has 5 nitrogen and oxygen atoms in total. The summed E-state index contributed by atoms with van der Waals surface area (Å²) in [6.07, 6.45) is 0. The van der Waals surface area contributed by atoms with Crippen LogP contribution in [0.4, 0.5) is 5.69 Å². The van der Waals surface area contributed by atoms with Crippen LogP contribution in [0.3, 0.4) is 0 Å². The fraction of sp³-hybridized carbons (Fsp3) is 0.0625. The van der Waals surface area contributed by atoms with E-state index in [9.17, 15) is 14.9 Å². The van der Waals surface area contributed by atoms with Gasteiger partial charge in [0, 0.05) is 22.7 Å². The molecule has 0 amide bonds. The molecular weight excluding hydrogens is 268 g/mol. The maximum absolute atomic E-state index is 11.8. The van der Waals surface area contributed by atoms with Gasteiger partial charge in [-0.15, -0.1) is 0 Å². The number of Topliss-reactive ketones (excluding diaryl/α,β-unsaturated/α-hetero) is 1. The molecule has 3 aromatic rings. The summed E-state index contributed by atoms with van der Waals surface area (Å²) in [5, 5.41) is 11.7. The van der Waals surface area contributed by atoms with Gasteiger partial charge in [0.1, 0.15) is 5.56 Å². The number of fused-ring (bicyclic) bond motifs is 1. The fourth-order valence-electron chi connectivity index (χ4n) is 2.49. The van der Waals surface area contributed by atoms with Crippen LogP contribution in [-0.4, -0.2) is 15.7 Å². The minimum atomic E-state index is -0.522. The molecule has 0 saturated heterocycles. The number of nitro groups is 1. The number of ketones is 1. The molecule has 21 heavy (non-hydrogen) atoms. The first-order valence-electron chi connectivity index (χ1n) is 6.44. The van der Waals surface area contributed by atoms with Gasteiger partial charge in [-0.1, -0.05) is 30.3 Å². The van der Waals surface area contributed by atoms with E-state index in [1.165, 1.54) is 13.0 Å². The molecule has 0 fully saturated rings. The van der Waals surface area contributed by atoms with E-state index in [1.54, 1.807) is 12.1 Å². The normalized spacial score (nSPS) is 10.7. The summed E-state index contributed by atoms with van der Waals surface area (Å²) in [4.78, 5) is 25.6. The molecule has 0 aliphatic carbocycles. The molecule has 0 bridgehead atoms. The summed E-state index contributed by atoms with van der Waals surface area (Å²) in [6, 6.07) is 14.4. The first kappa shape index (κ1) is 13.1. The second-order valence-corrected chi connectivity index (χ2v) is 4.78. The van der Waals surface area contributed by atoms with Crippen LogP contribution in [0, 0.1) is 10.1 Å². The first-order chi connectivity index (χ1) is 10.1. The molecule has 0 atom stereocenters. The third kappa shape index (κ3) is 2.18. The van der Waals surface area contributed by atoms with E-state index in [4.69, 9.17) is 0 Å². The summed E-state index contributed by atoms with van der Waals surface area (Å²) in [5.74, 6) is -0.314. The molecule has 2 aromatic carbocycles. The molecule has 0 aliphatic heterocycles. The van der Waals surface area contributed by atoms with Crippen LogP contribution in [0.1, 0.15) is 17.3 Å². The number of H-pyrrole nitrogens is 1. The number of aromatic nitrogens is 1. The average molecular weight is 280 g/mol. The average Bonchev–Trinajstić information content (AvgIpc) is 2.90. The Morgan fingerprint density at radius 1 is 1.14 bits per heavy atom. The number of carbonyl (C=O) groups excluding carboxylic acids is 1. The number of nitrogens with zero attached hydrogens (tertiary/aromatic N) is 1. The molecule has 0 radical (unpaired) electrons. The standard InChI is InChI=1S/C16H12N2O3/c1-10(19)16-12-9-14(11-5-3-2-4-6-11)17-13(12)7-8-15(16)18(20)21/h2-9,17H,1H3. The predicted octanol–water partition coefficient (Wildman–Crippen LogP) is 3.95. The van der Waals surface area contributed by atoms with E-state index in [1.807, 2.05) is 30.3 Å². The van der Waals surface area contributed by atoms with Gasteiger partial charge in [0.15, 0.2) is 5.78 Å². The van der Waals surface area contributed by atoms with Crippen LogP contribution in [0.25, 0.3) is 22.2 Å². The largest absolute Gasteiger partial charge is 0.355 e. The minimum absolute atomic E-state index is 0.149. The lowest BCUT2D eigenvalue weighted by Gasteiger charge is -2.00. The van der Waals surface area contributed by atoms with Gasteiger partial charge in [0.25, 0.3) is 5.69 Å². The van der Waals surface area contributed by atoms with E-state index in [-0.39, 0.29) is 17.0 Å². The Bertz CT molecular complexity index is 851. The van der Waals surface area contributed by atoms with Crippen molar-refractivity contribution < 1.29 is 9.72 Å². The SMILES string of the molecule is CC(=O)c1c([N+](=O)[O-])ccc2[nH]c(-c3ccccc3)cc12. The van der Waals surface area contributed by atoms with Crippen molar-refractivity contribution in [2.24, 2.45) is 0 Å². The summed E-state index contributed by atoms with van der Waals surface area (Å²) in [7, 11) is 0. The van der Waals surface area contributed by atoms with E-state index < -0.39 is 4.92 Å². The lowest BCUT2D eigenvalue weighted by atomic mass is 10.0. The molecule has 1 heterocycles. The molecule has 5 heteroatoms. The third-order valence-electron chi connectivity index (χ3n) is 3.42. The van der Waals surface area contributed by atoms with Crippen molar-refractivity contribution in [2.45, 2.75) is 6.92 Å². The third-order valence-corrected chi connectivity index (χ3v) is 3.42. The van der Waals surface area contributed by atoms with E-state index in [0.717, 1.165) is 11.3 Å². The van der Waals surface area contributed by atoms with Gasteiger partial charge in [-0.05, 0) is 24.6 Å². The quantitative estimate of drug-likeness (QED) is 0.448. The van der Waals surface area contributed by atoms with Crippen molar-refractivity contribution in [3.63, 3.8) is 0 Å². The predicted molar refractivity (Wildman–Crippen MR) is 80.4 cm³/mol. The molecular formula is C16H12N2O3. The zero-order chi connectivity index (χ0) is 15.0. The van der Waals surface area contributed by atoms with Gasteiger partial charge in [-0.2, -0.15) is 0 Å². The van der Waals surface area contributed by atoms with Gasteiger partial charge in [-0.3, -0.25) is 14.9 Å². The van der Waals surface area contributed by atoms with Crippen LogP contribution in [0.2, 0.25) is 0 Å². The molecule has 104 valence electrons. The fourth-order valence-corrected chi connectivity index (χ4v) is 2.49. The van der Waals surface area contributed by atoms with Crippen LogP contribution in [0.15, 0.2) is 48.5 Å². The number of hydrogen-bond donors (Lipinski definition) is 1. The number of rotatable bonds is 3. The van der Waals surface area contributed by atoms with Crippen LogP contribution in [-0.2, 0) is 0 Å². The van der Waals surface area contributed by atoms with E-state index in [2.05, 4.69) is 4.98 Å². The highest BCUT2D eigenvalue weighted by atomic mass is 16.6. The second kappa shape index (κ2) is 4.86. The van der Waals surface area contributed by atoms with Crippen molar-refractivity contribution in [2.75, 3.05) is 0 Å². The minimum Gasteiger partial charge on any atom is -0.355 e. The Morgan fingerprint density at radius 2 is 1.86 bits per heavy atom. The van der Waals surface area contributed by atoms with Crippen molar-refractivity contribution >= 4 is 22.4 Å². The topological polar surface area (TPSA) is 76.0 Å².